The van der Waals surface area contributed by atoms with Gasteiger partial charge in [-0.2, -0.15) is 0 Å². The fourth-order valence-corrected chi connectivity index (χ4v) is 5.15. The van der Waals surface area contributed by atoms with Crippen molar-refractivity contribution >= 4 is 17.2 Å². The van der Waals surface area contributed by atoms with Gasteiger partial charge in [0.15, 0.2) is 0 Å². The average Bonchev–Trinajstić information content (AvgIpc) is 3.24. The van der Waals surface area contributed by atoms with E-state index in [2.05, 4.69) is 38.4 Å². The Hall–Kier alpha value is -2.77. The van der Waals surface area contributed by atoms with Crippen molar-refractivity contribution in [2.24, 2.45) is 11.3 Å². The molecule has 2 aromatic heterocycles. The van der Waals surface area contributed by atoms with Gasteiger partial charge in [-0.05, 0) is 73.0 Å². The first kappa shape index (κ1) is 20.2. The van der Waals surface area contributed by atoms with E-state index in [1.54, 1.807) is 29.8 Å². The largest absolute Gasteiger partial charge is 0.424 e. The molecule has 5 rings (SSSR count). The molecule has 3 heterocycles. The van der Waals surface area contributed by atoms with E-state index >= 15 is 0 Å². The van der Waals surface area contributed by atoms with E-state index in [0.29, 0.717) is 12.6 Å². The third kappa shape index (κ3) is 4.78. The van der Waals surface area contributed by atoms with Crippen molar-refractivity contribution in [2.45, 2.75) is 32.4 Å². The minimum absolute atomic E-state index is 0.200. The molecule has 1 saturated carbocycles. The number of aromatic nitrogens is 2. The number of amides is 1. The van der Waals surface area contributed by atoms with Crippen LogP contribution in [0.4, 0.5) is 0 Å². The minimum Gasteiger partial charge on any atom is -0.424 e. The monoisotopic (exact) mass is 434 g/mol. The van der Waals surface area contributed by atoms with Gasteiger partial charge in [-0.25, -0.2) is 9.97 Å². The standard InChI is InChI=1S/C24H26N4O2S/c29-22(27-16-20-3-1-14-31-20)21-15-24(21)8-12-28(13-9-24)17-18-4-6-19(7-5-18)30-23-25-10-2-11-26-23/h1-7,10-11,14,21H,8-9,12-13,15-17H2,(H,27,29)/t21-/m1/s1. The Morgan fingerprint density at radius 1 is 1.13 bits per heavy atom. The maximum absolute atomic E-state index is 12.6. The fourth-order valence-electron chi connectivity index (χ4n) is 4.50. The first-order chi connectivity index (χ1) is 15.2. The van der Waals surface area contributed by atoms with Gasteiger partial charge in [0.05, 0.1) is 6.54 Å². The number of likely N-dealkylation sites (tertiary alicyclic amines) is 1. The van der Waals surface area contributed by atoms with Crippen molar-refractivity contribution in [1.29, 1.82) is 0 Å². The van der Waals surface area contributed by atoms with Crippen LogP contribution >= 0.6 is 11.3 Å². The topological polar surface area (TPSA) is 67.4 Å². The van der Waals surface area contributed by atoms with Gasteiger partial charge < -0.3 is 10.1 Å². The minimum atomic E-state index is 0.200. The zero-order valence-electron chi connectivity index (χ0n) is 17.4. The Kier molecular flexibility index (Phi) is 5.70. The molecule has 3 aromatic rings. The summed E-state index contributed by atoms with van der Waals surface area (Å²) in [5, 5.41) is 5.18. The summed E-state index contributed by atoms with van der Waals surface area (Å²) in [4.78, 5) is 24.4. The summed E-state index contributed by atoms with van der Waals surface area (Å²) >= 11 is 1.69. The van der Waals surface area contributed by atoms with Crippen LogP contribution in [-0.4, -0.2) is 33.9 Å². The van der Waals surface area contributed by atoms with Crippen LogP contribution in [0.25, 0.3) is 0 Å². The molecule has 1 aromatic carbocycles. The zero-order chi connectivity index (χ0) is 21.1. The number of rotatable bonds is 7. The highest BCUT2D eigenvalue weighted by Gasteiger charge is 2.58. The number of ether oxygens (including phenoxy) is 1. The van der Waals surface area contributed by atoms with Crippen LogP contribution in [0.3, 0.4) is 0 Å². The van der Waals surface area contributed by atoms with Gasteiger partial charge in [-0.1, -0.05) is 18.2 Å². The van der Waals surface area contributed by atoms with Crippen molar-refractivity contribution in [3.63, 3.8) is 0 Å². The second-order valence-corrected chi connectivity index (χ2v) is 9.50. The molecular weight excluding hydrogens is 408 g/mol. The number of piperidine rings is 1. The third-order valence-corrected chi connectivity index (χ3v) is 7.33. The van der Waals surface area contributed by atoms with Crippen molar-refractivity contribution in [3.05, 3.63) is 70.7 Å². The molecule has 0 bridgehead atoms. The highest BCUT2D eigenvalue weighted by Crippen LogP contribution is 2.59. The van der Waals surface area contributed by atoms with Crippen LogP contribution in [0.5, 0.6) is 11.8 Å². The number of nitrogens with one attached hydrogen (secondary N) is 1. The van der Waals surface area contributed by atoms with Crippen LogP contribution in [0.1, 0.15) is 29.7 Å². The molecule has 6 nitrogen and oxygen atoms in total. The van der Waals surface area contributed by atoms with Crippen LogP contribution < -0.4 is 10.1 Å². The Morgan fingerprint density at radius 2 is 1.90 bits per heavy atom. The summed E-state index contributed by atoms with van der Waals surface area (Å²) in [6, 6.07) is 14.3. The molecule has 2 aliphatic rings. The second-order valence-electron chi connectivity index (χ2n) is 8.47. The van der Waals surface area contributed by atoms with Gasteiger partial charge in [-0.15, -0.1) is 11.3 Å². The number of thiophene rings is 1. The van der Waals surface area contributed by atoms with E-state index in [9.17, 15) is 4.79 Å². The normalized spacial score (nSPS) is 19.8. The van der Waals surface area contributed by atoms with E-state index in [1.165, 1.54) is 10.4 Å². The van der Waals surface area contributed by atoms with Crippen molar-refractivity contribution in [1.82, 2.24) is 20.2 Å². The molecular formula is C24H26N4O2S. The quantitative estimate of drug-likeness (QED) is 0.602. The van der Waals surface area contributed by atoms with Gasteiger partial charge >= 0.3 is 6.01 Å². The number of carbonyl (C=O) groups is 1. The molecule has 1 atom stereocenters. The predicted molar refractivity (Wildman–Crippen MR) is 120 cm³/mol. The maximum atomic E-state index is 12.6. The molecule has 1 aliphatic carbocycles. The second kappa shape index (κ2) is 8.77. The highest BCUT2D eigenvalue weighted by molar-refractivity contribution is 7.09. The average molecular weight is 435 g/mol. The van der Waals surface area contributed by atoms with E-state index in [1.807, 2.05) is 23.6 Å². The smallest absolute Gasteiger partial charge is 0.321 e. The zero-order valence-corrected chi connectivity index (χ0v) is 18.2. The molecule has 2 fully saturated rings. The summed E-state index contributed by atoms with van der Waals surface area (Å²) in [6.07, 6.45) is 6.59. The fraction of sp³-hybridized carbons (Fsp3) is 0.375. The lowest BCUT2D eigenvalue weighted by Gasteiger charge is -2.32. The molecule has 0 radical (unpaired) electrons. The number of hydrogen-bond acceptors (Lipinski definition) is 6. The summed E-state index contributed by atoms with van der Waals surface area (Å²) < 4.78 is 5.66. The Labute approximate surface area is 186 Å². The Morgan fingerprint density at radius 3 is 2.61 bits per heavy atom. The molecule has 1 N–H and O–H groups in total. The van der Waals surface area contributed by atoms with Gasteiger partial charge in [0.25, 0.3) is 0 Å². The summed E-state index contributed by atoms with van der Waals surface area (Å²) in [7, 11) is 0. The number of benzene rings is 1. The molecule has 1 aliphatic heterocycles. The van der Waals surface area contributed by atoms with Crippen LogP contribution in [0.2, 0.25) is 0 Å². The van der Waals surface area contributed by atoms with E-state index in [-0.39, 0.29) is 17.2 Å². The van der Waals surface area contributed by atoms with Crippen LogP contribution in [-0.2, 0) is 17.9 Å². The van der Waals surface area contributed by atoms with Gasteiger partial charge in [0.1, 0.15) is 5.75 Å². The molecule has 31 heavy (non-hydrogen) atoms. The lowest BCUT2D eigenvalue weighted by atomic mass is 9.90. The van der Waals surface area contributed by atoms with Crippen molar-refractivity contribution in [3.8, 4) is 11.8 Å². The molecule has 1 amide bonds. The molecule has 160 valence electrons. The van der Waals surface area contributed by atoms with E-state index < -0.39 is 0 Å². The first-order valence-corrected chi connectivity index (χ1v) is 11.6. The summed E-state index contributed by atoms with van der Waals surface area (Å²) in [5.41, 5.74) is 1.50. The Balaban J connectivity index is 1.08. The van der Waals surface area contributed by atoms with Crippen LogP contribution in [0.15, 0.2) is 60.2 Å². The predicted octanol–water partition coefficient (Wildman–Crippen LogP) is 4.25. The molecule has 1 saturated heterocycles. The lowest BCUT2D eigenvalue weighted by molar-refractivity contribution is -0.123. The summed E-state index contributed by atoms with van der Waals surface area (Å²) in [5.74, 6) is 1.17. The highest BCUT2D eigenvalue weighted by atomic mass is 32.1. The number of nitrogens with zero attached hydrogens (tertiary/aromatic N) is 3. The van der Waals surface area contributed by atoms with E-state index in [4.69, 9.17) is 4.74 Å². The molecule has 7 heteroatoms. The Bertz CT molecular complexity index is 1000. The summed E-state index contributed by atoms with van der Waals surface area (Å²) in [6.45, 7) is 3.67. The van der Waals surface area contributed by atoms with Gasteiger partial charge in [0, 0.05) is 29.7 Å². The molecule has 1 spiro atoms. The molecule has 0 unspecified atom stereocenters. The maximum Gasteiger partial charge on any atom is 0.321 e. The van der Waals surface area contributed by atoms with Crippen molar-refractivity contribution in [2.75, 3.05) is 13.1 Å². The van der Waals surface area contributed by atoms with Gasteiger partial charge in [0.2, 0.25) is 5.91 Å². The van der Waals surface area contributed by atoms with Crippen LogP contribution in [0, 0.1) is 11.3 Å². The lowest BCUT2D eigenvalue weighted by Crippen LogP contribution is -2.36. The number of carbonyl (C=O) groups excluding carboxylic acids is 1. The number of hydrogen-bond donors (Lipinski definition) is 1. The SMILES string of the molecule is O=C(NCc1cccs1)[C@H]1CC12CCN(Cc1ccc(Oc3ncccn3)cc1)CC2. The van der Waals surface area contributed by atoms with Crippen molar-refractivity contribution < 1.29 is 9.53 Å². The van der Waals surface area contributed by atoms with E-state index in [0.717, 1.165) is 44.6 Å². The first-order valence-electron chi connectivity index (χ1n) is 10.8. The van der Waals surface area contributed by atoms with Gasteiger partial charge in [-0.3, -0.25) is 9.69 Å². The third-order valence-electron chi connectivity index (χ3n) is 6.46.